The van der Waals surface area contributed by atoms with E-state index in [1.54, 1.807) is 0 Å². The van der Waals surface area contributed by atoms with Crippen LogP contribution in [0.2, 0.25) is 0 Å². The summed E-state index contributed by atoms with van der Waals surface area (Å²) in [6.07, 6.45) is -11.7. The molecule has 13 heteroatoms. The molecule has 2 aromatic carbocycles. The number of alkyl halides is 6. The number of morpholine rings is 1. The molecule has 1 saturated heterocycles. The van der Waals surface area contributed by atoms with Gasteiger partial charge in [0.05, 0.1) is 41.3 Å². The highest BCUT2D eigenvalue weighted by Crippen LogP contribution is 2.40. The predicted octanol–water partition coefficient (Wildman–Crippen LogP) is 6.22. The van der Waals surface area contributed by atoms with E-state index in [0.717, 1.165) is 5.69 Å². The zero-order valence-electron chi connectivity index (χ0n) is 20.4. The van der Waals surface area contributed by atoms with Gasteiger partial charge in [0.1, 0.15) is 5.82 Å². The number of aryl methyl sites for hydroxylation is 1. The van der Waals surface area contributed by atoms with E-state index >= 15 is 0 Å². The number of hydrogen-bond acceptors (Lipinski definition) is 5. The fraction of sp³-hybridized carbons (Fsp3) is 0.440. The van der Waals surface area contributed by atoms with E-state index in [-0.39, 0.29) is 18.2 Å². The van der Waals surface area contributed by atoms with Gasteiger partial charge in [0.2, 0.25) is 0 Å². The lowest BCUT2D eigenvalue weighted by molar-refractivity contribution is -0.231. The van der Waals surface area contributed by atoms with Crippen molar-refractivity contribution < 1.29 is 40.2 Å². The number of benzene rings is 2. The zero-order valence-corrected chi connectivity index (χ0v) is 20.4. The third-order valence-corrected chi connectivity index (χ3v) is 6.33. The second kappa shape index (κ2) is 11.0. The van der Waals surface area contributed by atoms with E-state index in [4.69, 9.17) is 9.47 Å². The summed E-state index contributed by atoms with van der Waals surface area (Å²) in [6, 6.07) is 6.22. The Labute approximate surface area is 213 Å². The molecule has 2 heterocycles. The molecular formula is C25H25F7N4O2. The van der Waals surface area contributed by atoms with Crippen molar-refractivity contribution in [1.29, 1.82) is 0 Å². The Kier molecular flexibility index (Phi) is 8.09. The standard InChI is InChI=1S/C25H25F7N4O2/c1-3-20-21(34-35-33-20)13-36-8-9-37-23(22(36)15-4-6-19(26)7-5-15)38-14(2)16-10-17(24(27,28)29)12-18(11-16)25(30,31)32/h4-7,10-12,14,22-23H,3,8-9,13H2,1-2H3,(H,33,34,35)/t14-,22+,23-/m1/s1. The Balaban J connectivity index is 1.67. The third-order valence-electron chi connectivity index (χ3n) is 6.33. The summed E-state index contributed by atoms with van der Waals surface area (Å²) in [4.78, 5) is 1.94. The molecule has 0 bridgehead atoms. The largest absolute Gasteiger partial charge is 0.416 e. The Morgan fingerprint density at radius 3 is 2.18 bits per heavy atom. The first kappa shape index (κ1) is 28.0. The van der Waals surface area contributed by atoms with Crippen LogP contribution in [0, 0.1) is 5.82 Å². The quantitative estimate of drug-likeness (QED) is 0.357. The molecule has 6 nitrogen and oxygen atoms in total. The smallest absolute Gasteiger partial charge is 0.349 e. The van der Waals surface area contributed by atoms with Gasteiger partial charge in [0.25, 0.3) is 0 Å². The first-order valence-corrected chi connectivity index (χ1v) is 11.8. The summed E-state index contributed by atoms with van der Waals surface area (Å²) < 4.78 is 106. The van der Waals surface area contributed by atoms with E-state index in [1.165, 1.54) is 31.2 Å². The maximum atomic E-state index is 13.7. The molecule has 1 aliphatic heterocycles. The van der Waals surface area contributed by atoms with Crippen LogP contribution >= 0.6 is 0 Å². The molecular weight excluding hydrogens is 521 g/mol. The number of hydrogen-bond donors (Lipinski definition) is 1. The molecule has 0 spiro atoms. The summed E-state index contributed by atoms with van der Waals surface area (Å²) in [5.41, 5.74) is -1.18. The molecule has 38 heavy (non-hydrogen) atoms. The Hall–Kier alpha value is -3.03. The number of ether oxygens (including phenoxy) is 2. The number of rotatable bonds is 7. The highest BCUT2D eigenvalue weighted by molar-refractivity contribution is 5.35. The molecule has 1 N–H and O–H groups in total. The van der Waals surface area contributed by atoms with Crippen LogP contribution in [0.4, 0.5) is 30.7 Å². The fourth-order valence-electron chi connectivity index (χ4n) is 4.38. The molecule has 1 aromatic heterocycles. The van der Waals surface area contributed by atoms with Crippen molar-refractivity contribution in [2.24, 2.45) is 0 Å². The number of H-pyrrole nitrogens is 1. The molecule has 0 unspecified atom stereocenters. The van der Waals surface area contributed by atoms with Gasteiger partial charge >= 0.3 is 12.4 Å². The van der Waals surface area contributed by atoms with Gasteiger partial charge in [-0.3, -0.25) is 4.90 Å². The van der Waals surface area contributed by atoms with E-state index < -0.39 is 47.7 Å². The monoisotopic (exact) mass is 546 g/mol. The van der Waals surface area contributed by atoms with Crippen LogP contribution in [0.5, 0.6) is 0 Å². The number of aromatic amines is 1. The van der Waals surface area contributed by atoms with Crippen molar-refractivity contribution in [1.82, 2.24) is 20.3 Å². The van der Waals surface area contributed by atoms with E-state index in [9.17, 15) is 30.7 Å². The second-order valence-electron chi connectivity index (χ2n) is 8.89. The van der Waals surface area contributed by atoms with Gasteiger partial charge in [-0.05, 0) is 54.8 Å². The Morgan fingerprint density at radius 1 is 1.00 bits per heavy atom. The second-order valence-corrected chi connectivity index (χ2v) is 8.89. The van der Waals surface area contributed by atoms with Crippen LogP contribution in [0.1, 0.15) is 59.6 Å². The number of aromatic nitrogens is 3. The summed E-state index contributed by atoms with van der Waals surface area (Å²) >= 11 is 0. The van der Waals surface area contributed by atoms with Crippen LogP contribution in [0.25, 0.3) is 0 Å². The third kappa shape index (κ3) is 6.33. The van der Waals surface area contributed by atoms with E-state index in [0.29, 0.717) is 42.9 Å². The summed E-state index contributed by atoms with van der Waals surface area (Å²) in [6.45, 7) is 4.16. The van der Waals surface area contributed by atoms with Crippen molar-refractivity contribution in [2.75, 3.05) is 13.2 Å². The maximum Gasteiger partial charge on any atom is 0.416 e. The Bertz CT molecular complexity index is 1200. The average molecular weight is 546 g/mol. The van der Waals surface area contributed by atoms with Crippen molar-refractivity contribution in [3.63, 3.8) is 0 Å². The van der Waals surface area contributed by atoms with Gasteiger partial charge in [0, 0.05) is 13.1 Å². The minimum atomic E-state index is -4.99. The van der Waals surface area contributed by atoms with Crippen LogP contribution in [-0.2, 0) is 34.8 Å². The van der Waals surface area contributed by atoms with Crippen LogP contribution in [0.15, 0.2) is 42.5 Å². The van der Waals surface area contributed by atoms with Gasteiger partial charge in [-0.2, -0.15) is 41.8 Å². The SMILES string of the molecule is CCc1n[nH]nc1CN1CCO[C@H](O[C@H](C)c2cc(C(F)(F)F)cc(C(F)(F)F)c2)[C@@H]1c1ccc(F)cc1. The molecule has 0 saturated carbocycles. The average Bonchev–Trinajstić information content (AvgIpc) is 3.31. The molecule has 206 valence electrons. The molecule has 1 fully saturated rings. The highest BCUT2D eigenvalue weighted by Gasteiger charge is 2.39. The first-order chi connectivity index (χ1) is 17.9. The van der Waals surface area contributed by atoms with Gasteiger partial charge < -0.3 is 9.47 Å². The molecule has 3 aromatic rings. The maximum absolute atomic E-state index is 13.7. The van der Waals surface area contributed by atoms with Gasteiger partial charge in [0.15, 0.2) is 6.29 Å². The summed E-state index contributed by atoms with van der Waals surface area (Å²) in [5.74, 6) is -0.476. The van der Waals surface area contributed by atoms with E-state index in [2.05, 4.69) is 15.4 Å². The molecule has 1 aliphatic rings. The van der Waals surface area contributed by atoms with Gasteiger partial charge in [-0.25, -0.2) is 4.39 Å². The van der Waals surface area contributed by atoms with E-state index in [1.807, 2.05) is 11.8 Å². The number of nitrogens with zero attached hydrogens (tertiary/aromatic N) is 3. The lowest BCUT2D eigenvalue weighted by Crippen LogP contribution is -2.46. The number of nitrogens with one attached hydrogen (secondary N) is 1. The molecule has 0 radical (unpaired) electrons. The van der Waals surface area contributed by atoms with Crippen molar-refractivity contribution >= 4 is 0 Å². The zero-order chi connectivity index (χ0) is 27.7. The molecule has 4 rings (SSSR count). The lowest BCUT2D eigenvalue weighted by atomic mass is 10.0. The highest BCUT2D eigenvalue weighted by atomic mass is 19.4. The minimum Gasteiger partial charge on any atom is -0.349 e. The van der Waals surface area contributed by atoms with Gasteiger partial charge in [-0.1, -0.05) is 19.1 Å². The normalized spacial score (nSPS) is 20.0. The predicted molar refractivity (Wildman–Crippen MR) is 121 cm³/mol. The first-order valence-electron chi connectivity index (χ1n) is 11.8. The molecule has 0 amide bonds. The fourth-order valence-corrected chi connectivity index (χ4v) is 4.38. The number of halogens is 7. The summed E-state index contributed by atoms with van der Waals surface area (Å²) in [7, 11) is 0. The topological polar surface area (TPSA) is 63.3 Å². The van der Waals surface area contributed by atoms with Crippen LogP contribution in [-0.4, -0.2) is 39.8 Å². The molecule has 0 aliphatic carbocycles. The molecule has 3 atom stereocenters. The van der Waals surface area contributed by atoms with Crippen molar-refractivity contribution in [3.8, 4) is 0 Å². The Morgan fingerprint density at radius 2 is 1.61 bits per heavy atom. The van der Waals surface area contributed by atoms with Gasteiger partial charge in [-0.15, -0.1) is 0 Å². The van der Waals surface area contributed by atoms with Crippen LogP contribution in [0.3, 0.4) is 0 Å². The lowest BCUT2D eigenvalue weighted by Gasteiger charge is -2.42. The summed E-state index contributed by atoms with van der Waals surface area (Å²) in [5, 5.41) is 10.9. The minimum absolute atomic E-state index is 0.0691. The van der Waals surface area contributed by atoms with Crippen molar-refractivity contribution in [3.05, 3.63) is 81.9 Å². The van der Waals surface area contributed by atoms with Crippen molar-refractivity contribution in [2.45, 2.75) is 57.6 Å². The van der Waals surface area contributed by atoms with Crippen LogP contribution < -0.4 is 0 Å².